The number of ketones is 2. The first-order valence-corrected chi connectivity index (χ1v) is 25.9. The van der Waals surface area contributed by atoms with Gasteiger partial charge in [0.15, 0.2) is 0 Å². The molecule has 0 spiro atoms. The number of carbonyl (C=O) groups is 4. The molecule has 3 N–H and O–H groups in total. The van der Waals surface area contributed by atoms with Gasteiger partial charge < -0.3 is 58.0 Å². The highest BCUT2D eigenvalue weighted by Crippen LogP contribution is 2.40. The van der Waals surface area contributed by atoms with Gasteiger partial charge in [0, 0.05) is 63.7 Å². The van der Waals surface area contributed by atoms with Crippen molar-refractivity contribution in [1.82, 2.24) is 14.9 Å². The molecule has 400 valence electrons. The van der Waals surface area contributed by atoms with Crippen LogP contribution in [0.15, 0.2) is 47.7 Å². The van der Waals surface area contributed by atoms with Gasteiger partial charge in [-0.05, 0) is 108 Å². The van der Waals surface area contributed by atoms with Gasteiger partial charge in [-0.3, -0.25) is 14.4 Å². The van der Waals surface area contributed by atoms with Crippen LogP contribution in [0.25, 0.3) is 11.3 Å². The summed E-state index contributed by atoms with van der Waals surface area (Å²) in [4.78, 5) is 66.6. The maximum Gasteiger partial charge on any atom is 0.329 e. The number of cyclic esters (lactones) is 1. The molecule has 2 saturated heterocycles. The van der Waals surface area contributed by atoms with Crippen LogP contribution in [0.1, 0.15) is 118 Å². The minimum atomic E-state index is -2.52. The molecule has 4 heterocycles. The Labute approximate surface area is 425 Å². The summed E-state index contributed by atoms with van der Waals surface area (Å²) in [5.41, 5.74) is 3.30. The van der Waals surface area contributed by atoms with Crippen molar-refractivity contribution in [3.8, 4) is 22.8 Å². The first-order chi connectivity index (χ1) is 34.4. The number of benzene rings is 1. The number of nitrogens with one attached hydrogen (secondary N) is 1. The Morgan fingerprint density at radius 1 is 0.889 bits per heavy atom. The normalized spacial score (nSPS) is 34.8. The first-order valence-electron chi connectivity index (χ1n) is 25.9. The number of aromatic amines is 1. The van der Waals surface area contributed by atoms with E-state index in [-0.39, 0.29) is 62.2 Å². The second kappa shape index (κ2) is 25.6. The number of H-pyrrole nitrogens is 1. The molecule has 1 saturated carbocycles. The van der Waals surface area contributed by atoms with Crippen LogP contribution in [-0.2, 0) is 54.2 Å². The SMILES string of the molecule is CC[C@@H]1/C=C(\C)C[C@H](C)C[C@H](OC)[C@H]2O[C@@](O)(C(=O)C(=O)N3CCCC[C@H]3C(=O)O[C@H](/C(C)=C/[C@@H]3CC[C@@H](OCc4ncc(-c5cc(OC)cc(OC)c5)[nH]4)[C@H](OC)C3)C(C)[C@@H](O)CC1=O)[C@H](C)C[C@@H]2OC. The molecule has 1 aliphatic carbocycles. The molecule has 0 radical (unpaired) electrons. The van der Waals surface area contributed by atoms with Gasteiger partial charge in [-0.25, -0.2) is 9.78 Å². The highest BCUT2D eigenvalue weighted by molar-refractivity contribution is 6.39. The summed E-state index contributed by atoms with van der Waals surface area (Å²) in [7, 11) is 7.93. The molecule has 6 rings (SSSR count). The van der Waals surface area contributed by atoms with E-state index >= 15 is 0 Å². The van der Waals surface area contributed by atoms with E-state index < -0.39 is 77.8 Å². The highest BCUT2D eigenvalue weighted by Gasteiger charge is 2.56. The number of aliphatic hydroxyl groups is 2. The van der Waals surface area contributed by atoms with Crippen LogP contribution in [0.2, 0.25) is 0 Å². The fraction of sp³-hybridized carbons (Fsp3) is 0.691. The van der Waals surface area contributed by atoms with Crippen LogP contribution in [-0.4, -0.2) is 145 Å². The Bertz CT molecular complexity index is 2200. The van der Waals surface area contributed by atoms with Gasteiger partial charge in [-0.1, -0.05) is 45.4 Å². The number of Topliss-reactive ketones (excluding diaryl/α,β-unsaturated/α-hetero) is 2. The van der Waals surface area contributed by atoms with E-state index in [0.29, 0.717) is 67.8 Å². The van der Waals surface area contributed by atoms with Crippen LogP contribution >= 0.6 is 0 Å². The number of carbonyl (C=O) groups excluding carboxylic acids is 4. The number of nitrogens with zero attached hydrogens (tertiary/aromatic N) is 2. The largest absolute Gasteiger partial charge is 0.497 e. The molecule has 4 aliphatic rings. The second-order valence-electron chi connectivity index (χ2n) is 20.8. The number of rotatable bonds is 12. The van der Waals surface area contributed by atoms with Gasteiger partial charge >= 0.3 is 5.97 Å². The van der Waals surface area contributed by atoms with Gasteiger partial charge in [0.2, 0.25) is 5.79 Å². The number of methoxy groups -OCH3 is 5. The summed E-state index contributed by atoms with van der Waals surface area (Å²) in [5, 5.41) is 24.1. The Hall–Kier alpha value is -4.49. The zero-order valence-corrected chi connectivity index (χ0v) is 44.3. The third-order valence-corrected chi connectivity index (χ3v) is 15.6. The van der Waals surface area contributed by atoms with Gasteiger partial charge in [0.1, 0.15) is 48.0 Å². The average Bonchev–Trinajstić information content (AvgIpc) is 3.87. The molecule has 72 heavy (non-hydrogen) atoms. The lowest BCUT2D eigenvalue weighted by atomic mass is 9.81. The van der Waals surface area contributed by atoms with Crippen molar-refractivity contribution < 1.29 is 67.3 Å². The van der Waals surface area contributed by atoms with Gasteiger partial charge in [0.25, 0.3) is 11.7 Å². The van der Waals surface area contributed by atoms with E-state index in [0.717, 1.165) is 23.3 Å². The lowest BCUT2D eigenvalue weighted by molar-refractivity contribution is -0.302. The van der Waals surface area contributed by atoms with E-state index in [4.69, 9.17) is 37.9 Å². The molecule has 1 aromatic heterocycles. The van der Waals surface area contributed by atoms with Crippen LogP contribution < -0.4 is 9.47 Å². The molecule has 14 atom stereocenters. The number of imidazole rings is 1. The van der Waals surface area contributed by atoms with Crippen molar-refractivity contribution in [1.29, 1.82) is 0 Å². The summed E-state index contributed by atoms with van der Waals surface area (Å²) >= 11 is 0. The number of hydrogen-bond donors (Lipinski definition) is 3. The zero-order chi connectivity index (χ0) is 52.4. The molecule has 1 unspecified atom stereocenters. The molecule has 17 nitrogen and oxygen atoms in total. The molecular formula is C55H81N3O14. The number of amides is 1. The van der Waals surface area contributed by atoms with Crippen LogP contribution in [0.3, 0.4) is 0 Å². The molecule has 3 aliphatic heterocycles. The molecule has 3 fully saturated rings. The second-order valence-corrected chi connectivity index (χ2v) is 20.8. The number of ether oxygens (including phenoxy) is 8. The Morgan fingerprint density at radius 3 is 2.22 bits per heavy atom. The predicted octanol–water partition coefficient (Wildman–Crippen LogP) is 7.10. The molecule has 17 heteroatoms. The van der Waals surface area contributed by atoms with Crippen molar-refractivity contribution in [2.45, 2.75) is 173 Å². The highest BCUT2D eigenvalue weighted by atomic mass is 16.7. The first kappa shape index (κ1) is 56.8. The lowest BCUT2D eigenvalue weighted by Crippen LogP contribution is -2.64. The Kier molecular flexibility index (Phi) is 20.2. The van der Waals surface area contributed by atoms with Crippen molar-refractivity contribution in [2.75, 3.05) is 42.1 Å². The van der Waals surface area contributed by atoms with Crippen molar-refractivity contribution >= 4 is 23.4 Å². The van der Waals surface area contributed by atoms with Gasteiger partial charge in [-0.2, -0.15) is 0 Å². The van der Waals surface area contributed by atoms with Gasteiger partial charge in [0.05, 0.1) is 56.6 Å². The minimum Gasteiger partial charge on any atom is -0.497 e. The van der Waals surface area contributed by atoms with E-state index in [9.17, 15) is 29.4 Å². The molecule has 1 aromatic carbocycles. The Morgan fingerprint density at radius 2 is 1.57 bits per heavy atom. The quantitative estimate of drug-likeness (QED) is 0.110. The molecular weight excluding hydrogens is 927 g/mol. The summed E-state index contributed by atoms with van der Waals surface area (Å²) in [6, 6.07) is 4.44. The fourth-order valence-corrected chi connectivity index (χ4v) is 11.3. The fourth-order valence-electron chi connectivity index (χ4n) is 11.3. The third-order valence-electron chi connectivity index (χ3n) is 15.6. The maximum atomic E-state index is 14.6. The number of allylic oxidation sites excluding steroid dienone is 3. The van der Waals surface area contributed by atoms with Gasteiger partial charge in [-0.15, -0.1) is 0 Å². The summed E-state index contributed by atoms with van der Waals surface area (Å²) < 4.78 is 47.8. The predicted molar refractivity (Wildman–Crippen MR) is 268 cm³/mol. The zero-order valence-electron chi connectivity index (χ0n) is 44.3. The number of aliphatic hydroxyl groups excluding tert-OH is 1. The average molecular weight is 1010 g/mol. The number of fused-ring (bicyclic) bond motifs is 3. The van der Waals surface area contributed by atoms with E-state index in [2.05, 4.69) is 23.0 Å². The standard InChI is InChI=1S/C55H81N3O14/c1-12-37-20-31(2)19-32(3)21-47(68-10)51-48(69-11)23-34(5)55(64,72-51)52(61)53(62)58-18-14-13-15-42(58)54(63)71-50(35(6)43(59)28-44(37)60)33(4)22-36-16-17-45(46(24-36)67-9)70-30-49-56-29-41(57-49)38-25-39(65-7)27-40(26-38)66-8/h20,22,25-27,29,32,34-37,42-43,45-48,50-51,59,64H,12-19,21,23-24,28,30H2,1-11H3,(H,56,57)/b31-20+,33-22+/t32-,34+,35?,36-,37+,42-,43-,45+,46+,47-,48-,50+,51+,55+/m0/s1. The number of esters is 1. The van der Waals surface area contributed by atoms with E-state index in [1.54, 1.807) is 47.4 Å². The molecule has 2 aromatic rings. The van der Waals surface area contributed by atoms with Crippen LogP contribution in [0.4, 0.5) is 0 Å². The van der Waals surface area contributed by atoms with Crippen molar-refractivity contribution in [3.05, 3.63) is 53.5 Å². The van der Waals surface area contributed by atoms with Crippen LogP contribution in [0.5, 0.6) is 11.5 Å². The summed E-state index contributed by atoms with van der Waals surface area (Å²) in [6.07, 6.45) is 5.94. The minimum absolute atomic E-state index is 0.0194. The van der Waals surface area contributed by atoms with E-state index in [1.165, 1.54) is 19.1 Å². The smallest absolute Gasteiger partial charge is 0.329 e. The molecule has 1 amide bonds. The monoisotopic (exact) mass is 1010 g/mol. The number of aromatic nitrogens is 2. The lowest BCUT2D eigenvalue weighted by Gasteiger charge is -2.47. The topological polar surface area (TPSA) is 214 Å². The third kappa shape index (κ3) is 13.4. The van der Waals surface area contributed by atoms with Crippen molar-refractivity contribution in [3.63, 3.8) is 0 Å². The number of piperidine rings is 1. The molecule has 2 bridgehead atoms. The number of hydrogen-bond acceptors (Lipinski definition) is 15. The van der Waals surface area contributed by atoms with Crippen molar-refractivity contribution in [2.24, 2.45) is 29.6 Å². The summed E-state index contributed by atoms with van der Waals surface area (Å²) in [5.74, 6) is -5.69. The Balaban J connectivity index is 1.25. The van der Waals surface area contributed by atoms with E-state index in [1.807, 2.05) is 39.0 Å². The van der Waals surface area contributed by atoms with Crippen LogP contribution in [0, 0.1) is 29.6 Å². The maximum absolute atomic E-state index is 14.6. The summed E-state index contributed by atoms with van der Waals surface area (Å²) in [6.45, 7) is 11.5.